The van der Waals surface area contributed by atoms with Crippen molar-refractivity contribution in [1.29, 1.82) is 0 Å². The lowest BCUT2D eigenvalue weighted by Crippen LogP contribution is -2.48. The predicted molar refractivity (Wildman–Crippen MR) is 119 cm³/mol. The largest absolute Gasteiger partial charge is 0.491 e. The van der Waals surface area contributed by atoms with Crippen molar-refractivity contribution in [3.8, 4) is 5.75 Å². The molecule has 1 atom stereocenters. The van der Waals surface area contributed by atoms with Crippen LogP contribution in [-0.2, 0) is 14.8 Å². The summed E-state index contributed by atoms with van der Waals surface area (Å²) in [5, 5.41) is 13.7. The van der Waals surface area contributed by atoms with Gasteiger partial charge in [0.15, 0.2) is 0 Å². The second-order valence-corrected chi connectivity index (χ2v) is 9.20. The summed E-state index contributed by atoms with van der Waals surface area (Å²) in [5.41, 5.74) is 0.827. The van der Waals surface area contributed by atoms with Gasteiger partial charge in [-0.15, -0.1) is 0 Å². The summed E-state index contributed by atoms with van der Waals surface area (Å²) >= 11 is 0. The molecule has 1 N–H and O–H groups in total. The molecule has 2 aromatic rings. The number of nitro groups is 1. The Morgan fingerprint density at radius 2 is 1.84 bits per heavy atom. The van der Waals surface area contributed by atoms with Crippen molar-refractivity contribution in [1.82, 2.24) is 5.32 Å². The highest BCUT2D eigenvalue weighted by molar-refractivity contribution is 7.92. The third-order valence-electron chi connectivity index (χ3n) is 4.58. The standard InChI is InChI=1S/C21H27N3O6S/c1-15(2)19-10-5-6-11-20(19)30-13-12-22-21(25)16(3)23(31(4,28)29)17-8-7-9-18(14-17)24(26)27/h5-11,14-16H,12-13H2,1-4H3,(H,22,25)/t16-/m0/s1. The van der Waals surface area contributed by atoms with Crippen molar-refractivity contribution in [2.24, 2.45) is 0 Å². The molecule has 0 bridgehead atoms. The molecule has 0 aromatic heterocycles. The van der Waals surface area contributed by atoms with Gasteiger partial charge in [0.1, 0.15) is 18.4 Å². The topological polar surface area (TPSA) is 119 Å². The van der Waals surface area contributed by atoms with E-state index in [2.05, 4.69) is 19.2 Å². The van der Waals surface area contributed by atoms with Crippen LogP contribution in [0.5, 0.6) is 5.75 Å². The van der Waals surface area contributed by atoms with Crippen molar-refractivity contribution < 1.29 is 22.9 Å². The minimum Gasteiger partial charge on any atom is -0.491 e. The summed E-state index contributed by atoms with van der Waals surface area (Å²) in [7, 11) is -3.87. The SMILES string of the molecule is CC(C)c1ccccc1OCCNC(=O)[C@H](C)N(c1cccc([N+](=O)[O-])c1)S(C)(=O)=O. The number of sulfonamides is 1. The highest BCUT2D eigenvalue weighted by Gasteiger charge is 2.29. The minimum atomic E-state index is -3.87. The molecule has 0 saturated heterocycles. The maximum Gasteiger partial charge on any atom is 0.271 e. The fraction of sp³-hybridized carbons (Fsp3) is 0.381. The first-order chi connectivity index (χ1) is 14.5. The molecule has 31 heavy (non-hydrogen) atoms. The molecular formula is C21H27N3O6S. The molecule has 9 nitrogen and oxygen atoms in total. The van der Waals surface area contributed by atoms with Gasteiger partial charge in [0, 0.05) is 12.1 Å². The quantitative estimate of drug-likeness (QED) is 0.338. The van der Waals surface area contributed by atoms with E-state index in [-0.39, 0.29) is 30.4 Å². The number of benzene rings is 2. The van der Waals surface area contributed by atoms with E-state index in [0.29, 0.717) is 0 Å². The van der Waals surface area contributed by atoms with E-state index in [9.17, 15) is 23.3 Å². The molecule has 0 aliphatic heterocycles. The van der Waals surface area contributed by atoms with Crippen molar-refractivity contribution in [2.45, 2.75) is 32.7 Å². The van der Waals surface area contributed by atoms with E-state index < -0.39 is 26.9 Å². The second-order valence-electron chi connectivity index (χ2n) is 7.34. The van der Waals surface area contributed by atoms with Crippen molar-refractivity contribution in [2.75, 3.05) is 23.7 Å². The minimum absolute atomic E-state index is 0.0430. The van der Waals surface area contributed by atoms with Gasteiger partial charge in [-0.2, -0.15) is 0 Å². The highest BCUT2D eigenvalue weighted by Crippen LogP contribution is 2.26. The average Bonchev–Trinajstić information content (AvgIpc) is 2.70. The van der Waals surface area contributed by atoms with Crippen molar-refractivity contribution in [3.63, 3.8) is 0 Å². The van der Waals surface area contributed by atoms with E-state index in [1.807, 2.05) is 24.3 Å². The van der Waals surface area contributed by atoms with Gasteiger partial charge in [-0.05, 0) is 30.5 Å². The third-order valence-corrected chi connectivity index (χ3v) is 5.83. The Morgan fingerprint density at radius 1 is 1.16 bits per heavy atom. The fourth-order valence-corrected chi connectivity index (χ4v) is 4.29. The Hall–Kier alpha value is -3.14. The molecule has 0 heterocycles. The maximum atomic E-state index is 12.6. The van der Waals surface area contributed by atoms with E-state index in [1.54, 1.807) is 0 Å². The molecule has 10 heteroatoms. The highest BCUT2D eigenvalue weighted by atomic mass is 32.2. The van der Waals surface area contributed by atoms with Gasteiger partial charge in [0.25, 0.3) is 5.69 Å². The predicted octanol–water partition coefficient (Wildman–Crippen LogP) is 3.07. The number of amides is 1. The normalized spacial score (nSPS) is 12.3. The van der Waals surface area contributed by atoms with Crippen molar-refractivity contribution >= 4 is 27.3 Å². The second kappa shape index (κ2) is 10.3. The van der Waals surface area contributed by atoms with Crippen LogP contribution >= 0.6 is 0 Å². The van der Waals surface area contributed by atoms with Crippen molar-refractivity contribution in [3.05, 3.63) is 64.2 Å². The van der Waals surface area contributed by atoms with Gasteiger partial charge in [-0.3, -0.25) is 19.2 Å². The molecule has 0 aliphatic carbocycles. The summed E-state index contributed by atoms with van der Waals surface area (Å²) in [5.74, 6) is 0.468. The van der Waals surface area contributed by atoms with Gasteiger partial charge in [0.2, 0.25) is 15.9 Å². The fourth-order valence-electron chi connectivity index (χ4n) is 3.12. The van der Waals surface area contributed by atoms with Crippen LogP contribution in [0.25, 0.3) is 0 Å². The number of nitro benzene ring substituents is 1. The number of anilines is 1. The number of rotatable bonds is 10. The summed E-state index contributed by atoms with van der Waals surface area (Å²) in [6, 6.07) is 11.7. The van der Waals surface area contributed by atoms with E-state index in [1.165, 1.54) is 25.1 Å². The first kappa shape index (κ1) is 24.1. The van der Waals surface area contributed by atoms with Gasteiger partial charge in [-0.1, -0.05) is 38.1 Å². The monoisotopic (exact) mass is 449 g/mol. The van der Waals surface area contributed by atoms with Crippen LogP contribution in [0, 0.1) is 10.1 Å². The lowest BCUT2D eigenvalue weighted by molar-refractivity contribution is -0.384. The van der Waals surface area contributed by atoms with E-state index in [4.69, 9.17) is 4.74 Å². The lowest BCUT2D eigenvalue weighted by Gasteiger charge is -2.28. The molecule has 0 aliphatic rings. The molecular weight excluding hydrogens is 422 g/mol. The first-order valence-corrected chi connectivity index (χ1v) is 11.6. The third kappa shape index (κ3) is 6.42. The van der Waals surface area contributed by atoms with Crippen LogP contribution in [0.3, 0.4) is 0 Å². The molecule has 168 valence electrons. The van der Waals surface area contributed by atoms with Crippen LogP contribution in [0.4, 0.5) is 11.4 Å². The number of nitrogens with zero attached hydrogens (tertiary/aromatic N) is 2. The van der Waals surface area contributed by atoms with Gasteiger partial charge >= 0.3 is 0 Å². The molecule has 0 unspecified atom stereocenters. The van der Waals surface area contributed by atoms with Gasteiger partial charge in [-0.25, -0.2) is 8.42 Å². The summed E-state index contributed by atoms with van der Waals surface area (Å²) in [6.45, 7) is 5.91. The number of carbonyl (C=O) groups is 1. The first-order valence-electron chi connectivity index (χ1n) is 9.75. The van der Waals surface area contributed by atoms with Crippen LogP contribution < -0.4 is 14.4 Å². The van der Waals surface area contributed by atoms with E-state index >= 15 is 0 Å². The number of hydrogen-bond acceptors (Lipinski definition) is 6. The zero-order valence-electron chi connectivity index (χ0n) is 17.9. The molecule has 2 aromatic carbocycles. The average molecular weight is 450 g/mol. The Balaban J connectivity index is 2.06. The number of ether oxygens (including phenoxy) is 1. The van der Waals surface area contributed by atoms with Crippen LogP contribution in [0.2, 0.25) is 0 Å². The Morgan fingerprint density at radius 3 is 2.45 bits per heavy atom. The number of non-ortho nitro benzene ring substituents is 1. The Kier molecular flexibility index (Phi) is 7.98. The summed E-state index contributed by atoms with van der Waals surface area (Å²) in [4.78, 5) is 23.0. The lowest BCUT2D eigenvalue weighted by atomic mass is 10.0. The number of nitrogens with one attached hydrogen (secondary N) is 1. The van der Waals surface area contributed by atoms with Crippen LogP contribution in [0.1, 0.15) is 32.3 Å². The van der Waals surface area contributed by atoms with Gasteiger partial charge in [0.05, 0.1) is 23.4 Å². The molecule has 0 saturated carbocycles. The van der Waals surface area contributed by atoms with Crippen LogP contribution in [0.15, 0.2) is 48.5 Å². The maximum absolute atomic E-state index is 12.6. The Labute approximate surface area is 182 Å². The van der Waals surface area contributed by atoms with E-state index in [0.717, 1.165) is 27.9 Å². The summed E-state index contributed by atoms with van der Waals surface area (Å²) in [6.07, 6.45) is 0.946. The zero-order valence-corrected chi connectivity index (χ0v) is 18.8. The Bertz CT molecular complexity index is 1040. The molecule has 0 fully saturated rings. The summed E-state index contributed by atoms with van der Waals surface area (Å²) < 4.78 is 31.3. The molecule has 1 amide bonds. The number of carbonyl (C=O) groups excluding carboxylic acids is 1. The molecule has 2 rings (SSSR count). The van der Waals surface area contributed by atoms with Crippen LogP contribution in [-0.4, -0.2) is 44.7 Å². The molecule has 0 spiro atoms. The smallest absolute Gasteiger partial charge is 0.271 e. The van der Waals surface area contributed by atoms with Gasteiger partial charge < -0.3 is 10.1 Å². The molecule has 0 radical (unpaired) electrons. The zero-order chi connectivity index (χ0) is 23.2. The number of para-hydroxylation sites is 1. The number of hydrogen-bond donors (Lipinski definition) is 1.